The van der Waals surface area contributed by atoms with Gasteiger partial charge in [-0.2, -0.15) is 0 Å². The Balaban J connectivity index is 3.24. The molecule has 122 valence electrons. The lowest BCUT2D eigenvalue weighted by molar-refractivity contribution is -0.140. The zero-order valence-corrected chi connectivity index (χ0v) is 13.5. The molecule has 1 amide bonds. The third kappa shape index (κ3) is 4.38. The summed E-state index contributed by atoms with van der Waals surface area (Å²) in [7, 11) is 3.04. The van der Waals surface area contributed by atoms with Gasteiger partial charge in [0, 0.05) is 19.0 Å². The lowest BCUT2D eigenvalue weighted by Crippen LogP contribution is -2.37. The number of hydrogen-bond acceptors (Lipinski definition) is 4. The summed E-state index contributed by atoms with van der Waals surface area (Å²) in [6.45, 7) is 3.55. The zero-order valence-electron chi connectivity index (χ0n) is 13.5. The fourth-order valence-electron chi connectivity index (χ4n) is 2.04. The van der Waals surface area contributed by atoms with Crippen LogP contribution in [0.1, 0.15) is 26.7 Å². The number of benzene rings is 1. The van der Waals surface area contributed by atoms with Gasteiger partial charge in [-0.25, -0.2) is 0 Å². The van der Waals surface area contributed by atoms with Crippen LogP contribution >= 0.6 is 0 Å². The minimum absolute atomic E-state index is 0.0810. The van der Waals surface area contributed by atoms with E-state index in [1.165, 1.54) is 19.1 Å². The van der Waals surface area contributed by atoms with Crippen molar-refractivity contribution in [2.24, 2.45) is 5.92 Å². The molecule has 6 nitrogen and oxygen atoms in total. The molecule has 0 aliphatic carbocycles. The number of hydrogen-bond donors (Lipinski definition) is 1. The number of carbonyl (C=O) groups excluding carboxylic acids is 1. The monoisotopic (exact) mass is 309 g/mol. The smallest absolute Gasteiger partial charge is 0.308 e. The van der Waals surface area contributed by atoms with Gasteiger partial charge in [0.25, 0.3) is 0 Å². The maximum atomic E-state index is 12.4. The Hall–Kier alpha value is -2.24. The second-order valence-electron chi connectivity index (χ2n) is 5.03. The van der Waals surface area contributed by atoms with Crippen molar-refractivity contribution >= 4 is 17.6 Å². The fourth-order valence-corrected chi connectivity index (χ4v) is 2.04. The standard InChI is InChI=1S/C16H23NO5/c1-5-6-15(18)17(10-11(2)16(19)20)13-9-12(21-3)7-8-14(13)22-4/h7-9,11H,5-6,10H2,1-4H3,(H,19,20). The van der Waals surface area contributed by atoms with Gasteiger partial charge in [0.15, 0.2) is 0 Å². The molecular formula is C16H23NO5. The summed E-state index contributed by atoms with van der Waals surface area (Å²) in [4.78, 5) is 25.0. The predicted octanol–water partition coefficient (Wildman–Crippen LogP) is 2.56. The number of aliphatic carboxylic acids is 1. The molecule has 0 bridgehead atoms. The van der Waals surface area contributed by atoms with Gasteiger partial charge < -0.3 is 19.5 Å². The van der Waals surface area contributed by atoms with E-state index in [0.717, 1.165) is 0 Å². The van der Waals surface area contributed by atoms with Gasteiger partial charge in [-0.1, -0.05) is 13.8 Å². The maximum absolute atomic E-state index is 12.4. The van der Waals surface area contributed by atoms with Crippen LogP contribution in [0.3, 0.4) is 0 Å². The highest BCUT2D eigenvalue weighted by atomic mass is 16.5. The van der Waals surface area contributed by atoms with Gasteiger partial charge in [-0.05, 0) is 18.6 Å². The van der Waals surface area contributed by atoms with E-state index in [0.29, 0.717) is 30.0 Å². The van der Waals surface area contributed by atoms with Crippen LogP contribution in [0, 0.1) is 5.92 Å². The number of carbonyl (C=O) groups is 2. The highest BCUT2D eigenvalue weighted by molar-refractivity contribution is 5.95. The van der Waals surface area contributed by atoms with Gasteiger partial charge in [-0.3, -0.25) is 9.59 Å². The van der Waals surface area contributed by atoms with Gasteiger partial charge in [0.1, 0.15) is 11.5 Å². The van der Waals surface area contributed by atoms with E-state index in [-0.39, 0.29) is 12.5 Å². The molecule has 0 aliphatic heterocycles. The van der Waals surface area contributed by atoms with Crippen molar-refractivity contribution in [2.75, 3.05) is 25.7 Å². The van der Waals surface area contributed by atoms with E-state index < -0.39 is 11.9 Å². The third-order valence-corrected chi connectivity index (χ3v) is 3.32. The Kier molecular flexibility index (Phi) is 6.69. The third-order valence-electron chi connectivity index (χ3n) is 3.32. The minimum Gasteiger partial charge on any atom is -0.497 e. The summed E-state index contributed by atoms with van der Waals surface area (Å²) >= 11 is 0. The van der Waals surface area contributed by atoms with Gasteiger partial charge in [0.2, 0.25) is 5.91 Å². The minimum atomic E-state index is -0.948. The van der Waals surface area contributed by atoms with E-state index in [2.05, 4.69) is 0 Å². The number of carboxylic acids is 1. The van der Waals surface area contributed by atoms with E-state index >= 15 is 0 Å². The van der Waals surface area contributed by atoms with E-state index in [1.54, 1.807) is 25.1 Å². The number of methoxy groups -OCH3 is 2. The number of nitrogens with zero attached hydrogens (tertiary/aromatic N) is 1. The molecule has 6 heteroatoms. The van der Waals surface area contributed by atoms with E-state index in [1.807, 2.05) is 6.92 Å². The van der Waals surface area contributed by atoms with Crippen molar-refractivity contribution in [3.63, 3.8) is 0 Å². The molecule has 1 aromatic rings. The Morgan fingerprint density at radius 1 is 1.27 bits per heavy atom. The molecule has 22 heavy (non-hydrogen) atoms. The lowest BCUT2D eigenvalue weighted by Gasteiger charge is -2.26. The normalized spacial score (nSPS) is 11.6. The van der Waals surface area contributed by atoms with Crippen LogP contribution in [0.4, 0.5) is 5.69 Å². The molecule has 0 radical (unpaired) electrons. The topological polar surface area (TPSA) is 76.1 Å². The number of amides is 1. The molecule has 0 spiro atoms. The molecule has 1 unspecified atom stereocenters. The first-order valence-electron chi connectivity index (χ1n) is 7.19. The van der Waals surface area contributed by atoms with Crippen LogP contribution in [0.15, 0.2) is 18.2 Å². The summed E-state index contributed by atoms with van der Waals surface area (Å²) < 4.78 is 10.5. The molecule has 0 saturated carbocycles. The second kappa shape index (κ2) is 8.26. The zero-order chi connectivity index (χ0) is 16.7. The van der Waals surface area contributed by atoms with Crippen LogP contribution in [0.5, 0.6) is 11.5 Å². The van der Waals surface area contributed by atoms with E-state index in [4.69, 9.17) is 14.6 Å². The molecule has 0 fully saturated rings. The van der Waals surface area contributed by atoms with Crippen molar-refractivity contribution in [3.05, 3.63) is 18.2 Å². The van der Waals surface area contributed by atoms with Gasteiger partial charge in [-0.15, -0.1) is 0 Å². The van der Waals surface area contributed by atoms with Crippen LogP contribution in [0.2, 0.25) is 0 Å². The average Bonchev–Trinajstić information content (AvgIpc) is 2.51. The fraction of sp³-hybridized carbons (Fsp3) is 0.500. The van der Waals surface area contributed by atoms with Crippen molar-refractivity contribution < 1.29 is 24.2 Å². The van der Waals surface area contributed by atoms with Crippen LogP contribution in [-0.4, -0.2) is 37.7 Å². The van der Waals surface area contributed by atoms with Crippen molar-refractivity contribution in [2.45, 2.75) is 26.7 Å². The molecule has 1 N–H and O–H groups in total. The largest absolute Gasteiger partial charge is 0.497 e. The van der Waals surface area contributed by atoms with Gasteiger partial charge >= 0.3 is 5.97 Å². The van der Waals surface area contributed by atoms with Crippen LogP contribution in [0.25, 0.3) is 0 Å². The molecular weight excluding hydrogens is 286 g/mol. The Labute approximate surface area is 130 Å². The first kappa shape index (κ1) is 17.8. The van der Waals surface area contributed by atoms with Crippen molar-refractivity contribution in [3.8, 4) is 11.5 Å². The first-order valence-corrected chi connectivity index (χ1v) is 7.19. The number of anilines is 1. The Morgan fingerprint density at radius 3 is 2.45 bits per heavy atom. The average molecular weight is 309 g/mol. The Bertz CT molecular complexity index is 529. The SMILES string of the molecule is CCCC(=O)N(CC(C)C(=O)O)c1cc(OC)ccc1OC. The van der Waals surface area contributed by atoms with Crippen molar-refractivity contribution in [1.29, 1.82) is 0 Å². The van der Waals surface area contributed by atoms with Crippen LogP contribution < -0.4 is 14.4 Å². The summed E-state index contributed by atoms with van der Waals surface area (Å²) in [5.41, 5.74) is 0.522. The predicted molar refractivity (Wildman–Crippen MR) is 83.6 cm³/mol. The number of ether oxygens (including phenoxy) is 2. The number of carboxylic acid groups (broad SMARTS) is 1. The van der Waals surface area contributed by atoms with E-state index in [9.17, 15) is 9.59 Å². The highest BCUT2D eigenvalue weighted by Crippen LogP contribution is 2.33. The molecule has 1 rings (SSSR count). The molecule has 0 aromatic heterocycles. The molecule has 0 aliphatic rings. The Morgan fingerprint density at radius 2 is 1.95 bits per heavy atom. The summed E-state index contributed by atoms with van der Waals surface area (Å²) in [6, 6.07) is 5.11. The molecule has 1 atom stereocenters. The summed E-state index contributed by atoms with van der Waals surface area (Å²) in [6.07, 6.45) is 1.02. The van der Waals surface area contributed by atoms with Gasteiger partial charge in [0.05, 0.1) is 25.8 Å². The molecule has 1 aromatic carbocycles. The van der Waals surface area contributed by atoms with Crippen LogP contribution in [-0.2, 0) is 9.59 Å². The second-order valence-corrected chi connectivity index (χ2v) is 5.03. The number of rotatable bonds is 8. The maximum Gasteiger partial charge on any atom is 0.308 e. The molecule has 0 heterocycles. The summed E-state index contributed by atoms with van der Waals surface area (Å²) in [5, 5.41) is 9.12. The molecule has 0 saturated heterocycles. The first-order chi connectivity index (χ1) is 10.4. The lowest BCUT2D eigenvalue weighted by atomic mass is 10.1. The van der Waals surface area contributed by atoms with Crippen molar-refractivity contribution in [1.82, 2.24) is 0 Å². The quantitative estimate of drug-likeness (QED) is 0.798. The summed E-state index contributed by atoms with van der Waals surface area (Å²) in [5.74, 6) is -0.689. The highest BCUT2D eigenvalue weighted by Gasteiger charge is 2.24.